The summed E-state index contributed by atoms with van der Waals surface area (Å²) in [6, 6.07) is 7.50. The van der Waals surface area contributed by atoms with E-state index < -0.39 is 16.1 Å². The Kier molecular flexibility index (Phi) is 6.71. The average molecular weight is 489 g/mol. The zero-order chi connectivity index (χ0) is 24.5. The number of rotatable bonds is 6. The molecule has 0 unspecified atom stereocenters. The van der Waals surface area contributed by atoms with E-state index in [2.05, 4.69) is 20.2 Å². The predicted molar refractivity (Wildman–Crippen MR) is 125 cm³/mol. The lowest BCUT2D eigenvalue weighted by Crippen LogP contribution is -2.53. The molecule has 182 valence electrons. The first-order valence-electron chi connectivity index (χ1n) is 11.1. The van der Waals surface area contributed by atoms with Gasteiger partial charge in [0.2, 0.25) is 11.8 Å². The molecule has 2 amide bonds. The minimum Gasteiger partial charge on any atom is -0.360 e. The number of benzene rings is 1. The Morgan fingerprint density at radius 3 is 2.56 bits per heavy atom. The molecule has 1 atom stereocenters. The number of fused-ring (bicyclic) bond motifs is 1. The van der Waals surface area contributed by atoms with Crippen molar-refractivity contribution in [1.82, 2.24) is 19.7 Å². The van der Waals surface area contributed by atoms with Gasteiger partial charge in [0.05, 0.1) is 11.4 Å². The quantitative estimate of drug-likeness (QED) is 0.614. The molecule has 2 N–H and O–H groups in total. The Hall–Kier alpha value is -3.25. The van der Waals surface area contributed by atoms with Crippen LogP contribution in [0.1, 0.15) is 25.2 Å². The molecule has 1 aromatic heterocycles. The Morgan fingerprint density at radius 2 is 1.91 bits per heavy atom. The number of nitrogens with one attached hydrogen (secondary N) is 2. The molecule has 4 rings (SSSR count). The summed E-state index contributed by atoms with van der Waals surface area (Å²) in [5.41, 5.74) is 0.471. The third-order valence-corrected chi connectivity index (χ3v) is 7.16. The van der Waals surface area contributed by atoms with Gasteiger partial charge < -0.3 is 14.7 Å². The first-order chi connectivity index (χ1) is 16.1. The monoisotopic (exact) mass is 488 g/mol. The van der Waals surface area contributed by atoms with Crippen molar-refractivity contribution in [3.63, 3.8) is 0 Å². The van der Waals surface area contributed by atoms with Gasteiger partial charge in [0, 0.05) is 37.8 Å². The molecule has 0 radical (unpaired) electrons. The molecule has 0 bridgehead atoms. The molecule has 2 aliphatic rings. The first-order valence-corrected chi connectivity index (χ1v) is 12.6. The second-order valence-electron chi connectivity index (χ2n) is 8.74. The predicted octanol–water partition coefficient (Wildman–Crippen LogP) is 0.829. The van der Waals surface area contributed by atoms with Crippen LogP contribution in [-0.4, -0.2) is 79.8 Å². The number of aromatic nitrogens is 1. The second-order valence-corrected chi connectivity index (χ2v) is 10.4. The number of hydrogen-bond acceptors (Lipinski definition) is 8. The normalized spacial score (nSPS) is 19.6. The zero-order valence-corrected chi connectivity index (χ0v) is 20.1. The molecule has 1 aromatic carbocycles. The fraction of sp³-hybridized carbons (Fsp3) is 0.455. The third-order valence-electron chi connectivity index (χ3n) is 5.76. The van der Waals surface area contributed by atoms with E-state index in [1.807, 2.05) is 18.7 Å². The van der Waals surface area contributed by atoms with Crippen molar-refractivity contribution in [2.75, 3.05) is 38.0 Å². The van der Waals surface area contributed by atoms with Gasteiger partial charge in [0.15, 0.2) is 5.82 Å². The van der Waals surface area contributed by atoms with Crippen LogP contribution in [0.25, 0.3) is 0 Å². The molecule has 2 aromatic rings. The summed E-state index contributed by atoms with van der Waals surface area (Å²) < 4.78 is 32.2. The van der Waals surface area contributed by atoms with E-state index in [0.717, 1.165) is 0 Å². The van der Waals surface area contributed by atoms with Gasteiger partial charge in [0.25, 0.3) is 10.0 Å². The van der Waals surface area contributed by atoms with Gasteiger partial charge in [-0.1, -0.05) is 31.1 Å². The molecular formula is C22H28N6O5S. The second kappa shape index (κ2) is 9.55. The van der Waals surface area contributed by atoms with E-state index in [4.69, 9.17) is 4.52 Å². The zero-order valence-electron chi connectivity index (χ0n) is 19.3. The number of sulfonamides is 1. The Morgan fingerprint density at radius 1 is 1.21 bits per heavy atom. The van der Waals surface area contributed by atoms with E-state index in [1.165, 1.54) is 6.07 Å². The van der Waals surface area contributed by atoms with Crippen LogP contribution in [0.3, 0.4) is 0 Å². The molecule has 0 saturated carbocycles. The summed E-state index contributed by atoms with van der Waals surface area (Å²) in [5.74, 6) is 0.687. The third kappa shape index (κ3) is 5.12. The Labute approximate surface area is 198 Å². The van der Waals surface area contributed by atoms with Crippen molar-refractivity contribution in [2.45, 2.75) is 31.7 Å². The van der Waals surface area contributed by atoms with Gasteiger partial charge in [-0.3, -0.25) is 24.2 Å². The molecule has 11 nitrogen and oxygen atoms in total. The summed E-state index contributed by atoms with van der Waals surface area (Å²) in [6.07, 6.45) is 0. The van der Waals surface area contributed by atoms with Crippen LogP contribution in [0, 0.1) is 12.8 Å². The van der Waals surface area contributed by atoms with E-state index in [1.54, 1.807) is 36.1 Å². The van der Waals surface area contributed by atoms with Gasteiger partial charge in [0.1, 0.15) is 17.6 Å². The molecule has 0 aliphatic carbocycles. The lowest BCUT2D eigenvalue weighted by molar-refractivity contribution is -0.135. The van der Waals surface area contributed by atoms with E-state index in [0.29, 0.717) is 43.3 Å². The maximum atomic E-state index is 13.3. The molecule has 3 heterocycles. The van der Waals surface area contributed by atoms with Gasteiger partial charge in [-0.15, -0.1) is 0 Å². The highest BCUT2D eigenvalue weighted by atomic mass is 32.2. The number of hydrogen-bond donors (Lipinski definition) is 2. The van der Waals surface area contributed by atoms with Crippen LogP contribution in [-0.2, 0) is 19.6 Å². The molecule has 1 saturated heterocycles. The number of anilines is 1. The SMILES string of the molecule is Cc1cc(NC(=O)CN2CCN(C(=O)[C@@H](N=C3NS(=O)(=O)c4ccccc43)C(C)C)CC2)no1. The lowest BCUT2D eigenvalue weighted by atomic mass is 10.0. The van der Waals surface area contributed by atoms with E-state index >= 15 is 0 Å². The van der Waals surface area contributed by atoms with Crippen LogP contribution in [0.5, 0.6) is 0 Å². The number of nitrogens with zero attached hydrogens (tertiary/aromatic N) is 4. The minimum atomic E-state index is -3.68. The summed E-state index contributed by atoms with van der Waals surface area (Å²) in [7, 11) is -3.68. The largest absolute Gasteiger partial charge is 0.360 e. The summed E-state index contributed by atoms with van der Waals surface area (Å²) in [6.45, 7) is 7.66. The number of carbonyl (C=O) groups is 2. The van der Waals surface area contributed by atoms with Gasteiger partial charge in [-0.25, -0.2) is 8.42 Å². The number of amidine groups is 1. The number of aliphatic imine (C=N–C) groups is 1. The molecule has 1 fully saturated rings. The van der Waals surface area contributed by atoms with Crippen LogP contribution >= 0.6 is 0 Å². The first kappa shape index (κ1) is 23.9. The number of carbonyl (C=O) groups excluding carboxylic acids is 2. The van der Waals surface area contributed by atoms with Crippen molar-refractivity contribution < 1.29 is 22.5 Å². The highest BCUT2D eigenvalue weighted by Gasteiger charge is 2.34. The van der Waals surface area contributed by atoms with Crippen LogP contribution < -0.4 is 10.0 Å². The van der Waals surface area contributed by atoms with Gasteiger partial charge >= 0.3 is 0 Å². The smallest absolute Gasteiger partial charge is 0.263 e. The number of amides is 2. The Balaban J connectivity index is 1.38. The summed E-state index contributed by atoms with van der Waals surface area (Å²) >= 11 is 0. The number of piperazine rings is 1. The summed E-state index contributed by atoms with van der Waals surface area (Å²) in [4.78, 5) is 34.0. The van der Waals surface area contributed by atoms with Crippen molar-refractivity contribution in [3.05, 3.63) is 41.7 Å². The van der Waals surface area contributed by atoms with Crippen molar-refractivity contribution in [3.8, 4) is 0 Å². The van der Waals surface area contributed by atoms with Gasteiger partial charge in [-0.2, -0.15) is 0 Å². The minimum absolute atomic E-state index is 0.132. The molecule has 12 heteroatoms. The van der Waals surface area contributed by atoms with E-state index in [9.17, 15) is 18.0 Å². The van der Waals surface area contributed by atoms with Crippen molar-refractivity contribution in [1.29, 1.82) is 0 Å². The highest BCUT2D eigenvalue weighted by molar-refractivity contribution is 7.90. The van der Waals surface area contributed by atoms with Crippen LogP contribution in [0.2, 0.25) is 0 Å². The molecule has 2 aliphatic heterocycles. The Bertz CT molecular complexity index is 1210. The standard InChI is InChI=1S/C22H28N6O5S/c1-14(2)20(24-21-16-6-4-5-7-17(16)34(31,32)26-21)22(30)28-10-8-27(9-11-28)13-19(29)23-18-12-15(3)33-25-18/h4-7,12,14,20H,8-11,13H2,1-3H3,(H,24,26)(H,23,25,29)/t20-/m0/s1. The fourth-order valence-electron chi connectivity index (χ4n) is 3.98. The topological polar surface area (TPSA) is 137 Å². The van der Waals surface area contributed by atoms with Crippen molar-refractivity contribution >= 4 is 33.5 Å². The summed E-state index contributed by atoms with van der Waals surface area (Å²) in [5, 5.41) is 6.44. The van der Waals surface area contributed by atoms with Crippen LogP contribution in [0.4, 0.5) is 5.82 Å². The highest BCUT2D eigenvalue weighted by Crippen LogP contribution is 2.24. The number of aryl methyl sites for hydroxylation is 1. The molecular weight excluding hydrogens is 460 g/mol. The maximum absolute atomic E-state index is 13.3. The van der Waals surface area contributed by atoms with Crippen molar-refractivity contribution in [2.24, 2.45) is 10.9 Å². The average Bonchev–Trinajstić information content (AvgIpc) is 3.31. The maximum Gasteiger partial charge on any atom is 0.263 e. The van der Waals surface area contributed by atoms with E-state index in [-0.39, 0.29) is 35.0 Å². The molecule has 0 spiro atoms. The van der Waals surface area contributed by atoms with Gasteiger partial charge in [-0.05, 0) is 25.0 Å². The molecule has 34 heavy (non-hydrogen) atoms. The van der Waals surface area contributed by atoms with Crippen LogP contribution in [0.15, 0.2) is 44.7 Å². The fourth-order valence-corrected chi connectivity index (χ4v) is 5.22. The lowest BCUT2D eigenvalue weighted by Gasteiger charge is -2.36.